The van der Waals surface area contributed by atoms with Crippen LogP contribution in [0.4, 0.5) is 11.4 Å². The molecule has 0 heterocycles. The van der Waals surface area contributed by atoms with Crippen LogP contribution in [0.1, 0.15) is 11.1 Å². The van der Waals surface area contributed by atoms with Crippen molar-refractivity contribution in [3.05, 3.63) is 99.1 Å². The van der Waals surface area contributed by atoms with Crippen molar-refractivity contribution in [1.29, 1.82) is 0 Å². The van der Waals surface area contributed by atoms with Crippen LogP contribution in [0.25, 0.3) is 0 Å². The number of hydrazone groups is 1. The molecule has 0 saturated heterocycles. The average molecular weight is 487 g/mol. The van der Waals surface area contributed by atoms with Gasteiger partial charge >= 0.3 is 0 Å². The molecule has 0 aromatic heterocycles. The Morgan fingerprint density at radius 1 is 1.12 bits per heavy atom. The third-order valence-corrected chi connectivity index (χ3v) is 6.79. The van der Waals surface area contributed by atoms with Gasteiger partial charge in [0.15, 0.2) is 0 Å². The third kappa shape index (κ3) is 5.73. The summed E-state index contributed by atoms with van der Waals surface area (Å²) < 4.78 is 27.6. The van der Waals surface area contributed by atoms with Gasteiger partial charge in [0, 0.05) is 22.7 Å². The van der Waals surface area contributed by atoms with Crippen LogP contribution in [0.15, 0.2) is 82.8 Å². The van der Waals surface area contributed by atoms with Crippen LogP contribution < -0.4 is 9.73 Å². The fraction of sp³-hybridized carbons (Fsp3) is 0.0909. The fourth-order valence-corrected chi connectivity index (χ4v) is 4.62. The summed E-state index contributed by atoms with van der Waals surface area (Å²) in [6, 6.07) is 18.2. The minimum atomic E-state index is -4.09. The number of non-ortho nitro benzene ring substituents is 1. The zero-order valence-corrected chi connectivity index (χ0v) is 19.0. The van der Waals surface area contributed by atoms with Gasteiger partial charge in [-0.25, -0.2) is 13.8 Å². The van der Waals surface area contributed by atoms with Crippen LogP contribution in [-0.4, -0.2) is 32.0 Å². The Labute approximate surface area is 195 Å². The summed E-state index contributed by atoms with van der Waals surface area (Å²) in [5.74, 6) is -0.712. The summed E-state index contributed by atoms with van der Waals surface area (Å²) in [4.78, 5) is 22.9. The van der Waals surface area contributed by atoms with Gasteiger partial charge in [0.05, 0.1) is 21.7 Å². The summed E-state index contributed by atoms with van der Waals surface area (Å²) >= 11 is 6.18. The van der Waals surface area contributed by atoms with Crippen LogP contribution >= 0.6 is 11.6 Å². The number of sulfonamides is 1. The number of nitro benzene ring substituents is 1. The summed E-state index contributed by atoms with van der Waals surface area (Å²) in [5.41, 5.74) is 3.27. The van der Waals surface area contributed by atoms with Crippen LogP contribution in [0.3, 0.4) is 0 Å². The highest BCUT2D eigenvalue weighted by Crippen LogP contribution is 2.30. The van der Waals surface area contributed by atoms with E-state index in [9.17, 15) is 23.3 Å². The van der Waals surface area contributed by atoms with Crippen molar-refractivity contribution in [1.82, 2.24) is 5.43 Å². The quantitative estimate of drug-likeness (QED) is 0.294. The number of nitrogens with zero attached hydrogens (tertiary/aromatic N) is 3. The van der Waals surface area contributed by atoms with E-state index in [0.717, 1.165) is 4.31 Å². The van der Waals surface area contributed by atoms with Crippen molar-refractivity contribution in [2.75, 3.05) is 10.8 Å². The number of anilines is 1. The van der Waals surface area contributed by atoms with Gasteiger partial charge in [-0.15, -0.1) is 0 Å². The molecule has 9 nitrogen and oxygen atoms in total. The number of nitrogens with one attached hydrogen (secondary N) is 1. The molecule has 0 radical (unpaired) electrons. The average Bonchev–Trinajstić information content (AvgIpc) is 2.80. The van der Waals surface area contributed by atoms with Gasteiger partial charge in [-0.2, -0.15) is 5.10 Å². The van der Waals surface area contributed by atoms with E-state index >= 15 is 0 Å². The first-order valence-corrected chi connectivity index (χ1v) is 11.4. The zero-order valence-electron chi connectivity index (χ0n) is 17.4. The van der Waals surface area contributed by atoms with Crippen molar-refractivity contribution in [3.63, 3.8) is 0 Å². The van der Waals surface area contributed by atoms with Gasteiger partial charge in [-0.1, -0.05) is 48.0 Å². The largest absolute Gasteiger partial charge is 0.271 e. The normalized spacial score (nSPS) is 11.3. The lowest BCUT2D eigenvalue weighted by atomic mass is 10.2. The number of hydrogen-bond acceptors (Lipinski definition) is 6. The van der Waals surface area contributed by atoms with Crippen LogP contribution in [0, 0.1) is 17.0 Å². The van der Waals surface area contributed by atoms with Gasteiger partial charge < -0.3 is 0 Å². The molecule has 0 bridgehead atoms. The summed E-state index contributed by atoms with van der Waals surface area (Å²) in [6.45, 7) is 1.09. The minimum absolute atomic E-state index is 0.0114. The molecule has 0 aliphatic heterocycles. The SMILES string of the molecule is Cc1c(Cl)cccc1N(CC(=O)N/N=C\c1cccc([N+](=O)[O-])c1)S(=O)(=O)c1ccccc1. The highest BCUT2D eigenvalue weighted by molar-refractivity contribution is 7.92. The number of benzene rings is 3. The second-order valence-corrected chi connectivity index (χ2v) is 9.12. The molecule has 0 saturated carbocycles. The number of nitro groups is 1. The first-order valence-electron chi connectivity index (χ1n) is 9.59. The van der Waals surface area contributed by atoms with E-state index in [-0.39, 0.29) is 16.3 Å². The molecule has 33 heavy (non-hydrogen) atoms. The third-order valence-electron chi connectivity index (χ3n) is 4.61. The highest BCUT2D eigenvalue weighted by Gasteiger charge is 2.28. The molecule has 0 fully saturated rings. The monoisotopic (exact) mass is 486 g/mol. The number of carbonyl (C=O) groups excluding carboxylic acids is 1. The maximum absolute atomic E-state index is 13.3. The molecule has 1 N–H and O–H groups in total. The molecule has 0 atom stereocenters. The molecular weight excluding hydrogens is 468 g/mol. The number of halogens is 1. The van der Waals surface area contributed by atoms with E-state index in [2.05, 4.69) is 10.5 Å². The van der Waals surface area contributed by atoms with E-state index in [1.54, 1.807) is 49.4 Å². The lowest BCUT2D eigenvalue weighted by Crippen LogP contribution is -2.40. The van der Waals surface area contributed by atoms with E-state index < -0.39 is 27.4 Å². The van der Waals surface area contributed by atoms with Crippen molar-refractivity contribution in [2.24, 2.45) is 5.10 Å². The van der Waals surface area contributed by atoms with Crippen molar-refractivity contribution in [2.45, 2.75) is 11.8 Å². The smallest absolute Gasteiger partial charge is 0.270 e. The molecule has 0 aliphatic rings. The molecule has 3 rings (SSSR count). The number of hydrogen-bond donors (Lipinski definition) is 1. The summed E-state index contributed by atoms with van der Waals surface area (Å²) in [7, 11) is -4.09. The van der Waals surface area contributed by atoms with Crippen LogP contribution in [0.2, 0.25) is 5.02 Å². The van der Waals surface area contributed by atoms with Gasteiger partial charge in [0.2, 0.25) is 0 Å². The topological polar surface area (TPSA) is 122 Å². The van der Waals surface area contributed by atoms with Crippen molar-refractivity contribution >= 4 is 45.1 Å². The maximum atomic E-state index is 13.3. The van der Waals surface area contributed by atoms with Crippen molar-refractivity contribution in [3.8, 4) is 0 Å². The molecule has 0 unspecified atom stereocenters. The zero-order chi connectivity index (χ0) is 24.0. The Balaban J connectivity index is 1.86. The first-order chi connectivity index (χ1) is 15.7. The Morgan fingerprint density at radius 2 is 1.82 bits per heavy atom. The standard InChI is InChI=1S/C22H19ClN4O5S/c1-16-20(23)11-6-12-21(16)26(33(31,32)19-9-3-2-4-10-19)15-22(28)25-24-14-17-7-5-8-18(13-17)27(29)30/h2-14H,15H2,1H3,(H,25,28)/b24-14-. The molecule has 11 heteroatoms. The fourth-order valence-electron chi connectivity index (χ4n) is 2.95. The Kier molecular flexibility index (Phi) is 7.41. The van der Waals surface area contributed by atoms with Crippen LogP contribution in [-0.2, 0) is 14.8 Å². The Bertz CT molecular complexity index is 1310. The summed E-state index contributed by atoms with van der Waals surface area (Å²) in [6.07, 6.45) is 1.23. The highest BCUT2D eigenvalue weighted by atomic mass is 35.5. The van der Waals surface area contributed by atoms with E-state index in [0.29, 0.717) is 16.1 Å². The molecule has 0 aliphatic carbocycles. The molecule has 3 aromatic rings. The Morgan fingerprint density at radius 3 is 2.52 bits per heavy atom. The lowest BCUT2D eigenvalue weighted by molar-refractivity contribution is -0.384. The molecular formula is C22H19ClN4O5S. The molecule has 0 spiro atoms. The van der Waals surface area contributed by atoms with E-state index in [4.69, 9.17) is 11.6 Å². The summed E-state index contributed by atoms with van der Waals surface area (Å²) in [5, 5.41) is 15.0. The predicted octanol–water partition coefficient (Wildman–Crippen LogP) is 3.90. The number of rotatable bonds is 8. The van der Waals surface area contributed by atoms with Gasteiger partial charge in [-0.05, 0) is 36.8 Å². The second kappa shape index (κ2) is 10.2. The van der Waals surface area contributed by atoms with Gasteiger partial charge in [0.25, 0.3) is 21.6 Å². The predicted molar refractivity (Wildman–Crippen MR) is 126 cm³/mol. The minimum Gasteiger partial charge on any atom is -0.271 e. The Hall–Kier alpha value is -3.76. The maximum Gasteiger partial charge on any atom is 0.270 e. The van der Waals surface area contributed by atoms with E-state index in [1.165, 1.54) is 36.5 Å². The number of amides is 1. The van der Waals surface area contributed by atoms with Crippen LogP contribution in [0.5, 0.6) is 0 Å². The van der Waals surface area contributed by atoms with Crippen molar-refractivity contribution < 1.29 is 18.1 Å². The molecule has 3 aromatic carbocycles. The molecule has 170 valence electrons. The van der Waals surface area contributed by atoms with Gasteiger partial charge in [0.1, 0.15) is 6.54 Å². The second-order valence-electron chi connectivity index (χ2n) is 6.85. The molecule has 1 amide bonds. The first kappa shape index (κ1) is 23.9. The lowest BCUT2D eigenvalue weighted by Gasteiger charge is -2.25. The van der Waals surface area contributed by atoms with E-state index in [1.807, 2.05) is 0 Å². The number of carbonyl (C=O) groups is 1. The van der Waals surface area contributed by atoms with Gasteiger partial charge in [-0.3, -0.25) is 19.2 Å².